The van der Waals surface area contributed by atoms with Gasteiger partial charge in [-0.05, 0) is 11.4 Å². The van der Waals surface area contributed by atoms with Crippen molar-refractivity contribution < 1.29 is 0 Å². The third-order valence-electron chi connectivity index (χ3n) is 1.75. The molecule has 4 nitrogen and oxygen atoms in total. The maximum absolute atomic E-state index is 6.00. The summed E-state index contributed by atoms with van der Waals surface area (Å²) < 4.78 is 8.05. The zero-order valence-electron chi connectivity index (χ0n) is 6.98. The first kappa shape index (κ1) is 10.0. The molecule has 0 bridgehead atoms. The number of aromatic nitrogens is 2. The normalized spacial score (nSPS) is 13.0. The molecule has 0 aliphatic rings. The zero-order valence-corrected chi connectivity index (χ0v) is 9.36. The largest absolute Gasteiger partial charge is 0.270 e. The Labute approximate surface area is 94.0 Å². The van der Waals surface area contributed by atoms with E-state index in [1.807, 2.05) is 11.4 Å². The SMILES string of the molecule is NNC(c1cnsn1)c1sccc1Cl. The summed E-state index contributed by atoms with van der Waals surface area (Å²) >= 11 is 8.70. The van der Waals surface area contributed by atoms with Crippen LogP contribution in [0.3, 0.4) is 0 Å². The lowest BCUT2D eigenvalue weighted by molar-refractivity contribution is 0.635. The molecule has 0 aliphatic carbocycles. The van der Waals surface area contributed by atoms with Crippen molar-refractivity contribution in [2.45, 2.75) is 6.04 Å². The van der Waals surface area contributed by atoms with Crippen molar-refractivity contribution in [2.75, 3.05) is 0 Å². The lowest BCUT2D eigenvalue weighted by Crippen LogP contribution is -2.28. The molecule has 0 aromatic carbocycles. The molecule has 0 saturated carbocycles. The van der Waals surface area contributed by atoms with Crippen molar-refractivity contribution in [3.63, 3.8) is 0 Å². The molecular weight excluding hydrogens is 240 g/mol. The second kappa shape index (κ2) is 4.33. The molecule has 14 heavy (non-hydrogen) atoms. The number of hydrazine groups is 1. The van der Waals surface area contributed by atoms with Crippen LogP contribution in [0.5, 0.6) is 0 Å². The molecule has 7 heteroatoms. The molecule has 2 aromatic rings. The average Bonchev–Trinajstić information content (AvgIpc) is 2.80. The highest BCUT2D eigenvalue weighted by Crippen LogP contribution is 2.31. The van der Waals surface area contributed by atoms with Gasteiger partial charge in [0.15, 0.2) is 0 Å². The smallest absolute Gasteiger partial charge is 0.101 e. The molecular formula is C7H7ClN4S2. The van der Waals surface area contributed by atoms with E-state index in [0.717, 1.165) is 22.3 Å². The van der Waals surface area contributed by atoms with Crippen LogP contribution in [0.2, 0.25) is 5.02 Å². The molecule has 0 saturated heterocycles. The summed E-state index contributed by atoms with van der Waals surface area (Å²) in [4.78, 5) is 0.960. The van der Waals surface area contributed by atoms with Crippen molar-refractivity contribution in [2.24, 2.45) is 5.84 Å². The van der Waals surface area contributed by atoms with Gasteiger partial charge in [-0.3, -0.25) is 5.84 Å². The van der Waals surface area contributed by atoms with E-state index in [2.05, 4.69) is 14.2 Å². The number of hydrogen-bond donors (Lipinski definition) is 2. The molecule has 2 heterocycles. The van der Waals surface area contributed by atoms with Crippen molar-refractivity contribution in [1.82, 2.24) is 14.2 Å². The highest BCUT2D eigenvalue weighted by molar-refractivity contribution is 7.10. The van der Waals surface area contributed by atoms with Gasteiger partial charge in [0.2, 0.25) is 0 Å². The fourth-order valence-corrected chi connectivity index (χ4v) is 2.79. The van der Waals surface area contributed by atoms with Crippen LogP contribution in [0, 0.1) is 0 Å². The Bertz CT molecular complexity index is 399. The summed E-state index contributed by atoms with van der Waals surface area (Å²) in [5.41, 5.74) is 3.47. The third kappa shape index (κ3) is 1.79. The molecule has 2 rings (SSSR count). The second-order valence-corrected chi connectivity index (χ2v) is 4.48. The Morgan fingerprint density at radius 1 is 1.57 bits per heavy atom. The van der Waals surface area contributed by atoms with E-state index >= 15 is 0 Å². The summed E-state index contributed by atoms with van der Waals surface area (Å²) in [5, 5.41) is 2.62. The lowest BCUT2D eigenvalue weighted by atomic mass is 10.2. The monoisotopic (exact) mass is 246 g/mol. The summed E-state index contributed by atoms with van der Waals surface area (Å²) in [6.45, 7) is 0. The predicted molar refractivity (Wildman–Crippen MR) is 58.4 cm³/mol. The number of nitrogens with zero attached hydrogens (tertiary/aromatic N) is 2. The van der Waals surface area contributed by atoms with Gasteiger partial charge in [-0.2, -0.15) is 8.75 Å². The number of thiophene rings is 1. The molecule has 0 spiro atoms. The minimum Gasteiger partial charge on any atom is -0.270 e. The molecule has 0 amide bonds. The Morgan fingerprint density at radius 2 is 2.43 bits per heavy atom. The number of rotatable bonds is 3. The minimum atomic E-state index is -0.166. The predicted octanol–water partition coefficient (Wildman–Crippen LogP) is 1.81. The first-order chi connectivity index (χ1) is 6.83. The molecule has 1 unspecified atom stereocenters. The zero-order chi connectivity index (χ0) is 9.97. The van der Waals surface area contributed by atoms with Crippen LogP contribution in [-0.4, -0.2) is 8.75 Å². The lowest BCUT2D eigenvalue weighted by Gasteiger charge is -2.11. The molecule has 74 valence electrons. The molecule has 0 radical (unpaired) electrons. The number of halogens is 1. The topological polar surface area (TPSA) is 63.8 Å². The summed E-state index contributed by atoms with van der Waals surface area (Å²) in [6.07, 6.45) is 1.69. The highest BCUT2D eigenvalue weighted by Gasteiger charge is 2.18. The fourth-order valence-electron chi connectivity index (χ4n) is 1.11. The Morgan fingerprint density at radius 3 is 2.93 bits per heavy atom. The van der Waals surface area contributed by atoms with Gasteiger partial charge in [0.05, 0.1) is 28.6 Å². The molecule has 1 atom stereocenters. The van der Waals surface area contributed by atoms with E-state index in [1.54, 1.807) is 17.5 Å². The highest BCUT2D eigenvalue weighted by atomic mass is 35.5. The summed E-state index contributed by atoms with van der Waals surface area (Å²) in [7, 11) is 0. The van der Waals surface area contributed by atoms with E-state index in [0.29, 0.717) is 5.02 Å². The van der Waals surface area contributed by atoms with Crippen LogP contribution in [0.25, 0.3) is 0 Å². The Kier molecular flexibility index (Phi) is 3.09. The van der Waals surface area contributed by atoms with Crippen molar-refractivity contribution in [1.29, 1.82) is 0 Å². The standard InChI is InChI=1S/C7H7ClN4S2/c8-4-1-2-13-7(4)6(11-9)5-3-10-14-12-5/h1-3,6,11H,9H2. The van der Waals surface area contributed by atoms with Crippen LogP contribution in [0.15, 0.2) is 17.6 Å². The van der Waals surface area contributed by atoms with Gasteiger partial charge >= 0.3 is 0 Å². The van der Waals surface area contributed by atoms with Gasteiger partial charge in [-0.25, -0.2) is 5.43 Å². The van der Waals surface area contributed by atoms with Gasteiger partial charge in [0.1, 0.15) is 6.04 Å². The minimum absolute atomic E-state index is 0.166. The number of hydrogen-bond acceptors (Lipinski definition) is 6. The van der Waals surface area contributed by atoms with Gasteiger partial charge < -0.3 is 0 Å². The number of nitrogens with two attached hydrogens (primary N) is 1. The third-order valence-corrected chi connectivity index (χ3v) is 3.66. The van der Waals surface area contributed by atoms with Crippen molar-refractivity contribution in [3.8, 4) is 0 Å². The van der Waals surface area contributed by atoms with Crippen molar-refractivity contribution >= 4 is 34.7 Å². The van der Waals surface area contributed by atoms with Gasteiger partial charge in [-0.15, -0.1) is 11.3 Å². The molecule has 2 aromatic heterocycles. The Balaban J connectivity index is 2.36. The van der Waals surface area contributed by atoms with E-state index < -0.39 is 0 Å². The van der Waals surface area contributed by atoms with Crippen molar-refractivity contribution in [3.05, 3.63) is 33.2 Å². The van der Waals surface area contributed by atoms with E-state index in [-0.39, 0.29) is 6.04 Å². The van der Waals surface area contributed by atoms with E-state index in [1.165, 1.54) is 0 Å². The maximum atomic E-state index is 6.00. The molecule has 0 fully saturated rings. The van der Waals surface area contributed by atoms with Gasteiger partial charge in [0.25, 0.3) is 0 Å². The Hall–Kier alpha value is -0.530. The van der Waals surface area contributed by atoms with Gasteiger partial charge in [0, 0.05) is 4.88 Å². The van der Waals surface area contributed by atoms with Crippen LogP contribution in [0.4, 0.5) is 0 Å². The molecule has 3 N–H and O–H groups in total. The number of nitrogens with one attached hydrogen (secondary N) is 1. The van der Waals surface area contributed by atoms with Crippen LogP contribution in [-0.2, 0) is 0 Å². The molecule has 0 aliphatic heterocycles. The summed E-state index contributed by atoms with van der Waals surface area (Å²) in [6, 6.07) is 1.67. The first-order valence-corrected chi connectivity index (χ1v) is 5.78. The average molecular weight is 247 g/mol. The van der Waals surface area contributed by atoms with Crippen LogP contribution in [0.1, 0.15) is 16.6 Å². The maximum Gasteiger partial charge on any atom is 0.101 e. The van der Waals surface area contributed by atoms with E-state index in [4.69, 9.17) is 17.4 Å². The first-order valence-electron chi connectivity index (χ1n) is 3.79. The van der Waals surface area contributed by atoms with Gasteiger partial charge in [-0.1, -0.05) is 11.6 Å². The quantitative estimate of drug-likeness (QED) is 0.641. The fraction of sp³-hybridized carbons (Fsp3) is 0.143. The van der Waals surface area contributed by atoms with Crippen LogP contribution >= 0.6 is 34.7 Å². The van der Waals surface area contributed by atoms with Crippen LogP contribution < -0.4 is 11.3 Å². The van der Waals surface area contributed by atoms with E-state index in [9.17, 15) is 0 Å². The summed E-state index contributed by atoms with van der Waals surface area (Å²) in [5.74, 6) is 5.46. The second-order valence-electron chi connectivity index (χ2n) is 2.56.